The molecule has 3 rings (SSSR count). The van der Waals surface area contributed by atoms with Crippen LogP contribution in [0.4, 0.5) is 5.95 Å². The molecule has 1 saturated heterocycles. The topological polar surface area (TPSA) is 116 Å². The van der Waals surface area contributed by atoms with Crippen LogP contribution in [0.2, 0.25) is 0 Å². The zero-order valence-corrected chi connectivity index (χ0v) is 19.0. The zero-order valence-electron chi connectivity index (χ0n) is 19.0. The maximum absolute atomic E-state index is 12.5. The first-order chi connectivity index (χ1) is 15.2. The van der Waals surface area contributed by atoms with Crippen molar-refractivity contribution in [3.05, 3.63) is 42.2 Å². The van der Waals surface area contributed by atoms with Crippen LogP contribution in [-0.2, 0) is 16.1 Å². The number of aliphatic hydroxyl groups excluding tert-OH is 1. The molecule has 2 amide bonds. The van der Waals surface area contributed by atoms with E-state index in [-0.39, 0.29) is 25.0 Å². The smallest absolute Gasteiger partial charge is 0.236 e. The Morgan fingerprint density at radius 2 is 1.78 bits per heavy atom. The molecule has 32 heavy (non-hydrogen) atoms. The summed E-state index contributed by atoms with van der Waals surface area (Å²) in [4.78, 5) is 38.8. The second-order valence-electron chi connectivity index (χ2n) is 8.75. The Morgan fingerprint density at radius 3 is 2.38 bits per heavy atom. The van der Waals surface area contributed by atoms with Crippen LogP contribution >= 0.6 is 0 Å². The maximum atomic E-state index is 12.5. The second kappa shape index (κ2) is 10.1. The van der Waals surface area contributed by atoms with Gasteiger partial charge in [0.05, 0.1) is 18.6 Å². The van der Waals surface area contributed by atoms with Crippen LogP contribution in [0, 0.1) is 5.41 Å². The number of hydrogen-bond acceptors (Lipinski definition) is 7. The number of carbonyl (C=O) groups excluding carboxylic acids is 2. The predicted octanol–water partition coefficient (Wildman–Crippen LogP) is 0.728. The van der Waals surface area contributed by atoms with Crippen LogP contribution in [-0.4, -0.2) is 83.1 Å². The third-order valence-corrected chi connectivity index (χ3v) is 5.74. The molecule has 0 radical (unpaired) electrons. The Hall–Kier alpha value is -3.04. The van der Waals surface area contributed by atoms with Gasteiger partial charge in [0.15, 0.2) is 0 Å². The molecule has 172 valence electrons. The van der Waals surface area contributed by atoms with Crippen LogP contribution in [0.25, 0.3) is 11.1 Å². The molecule has 2 heterocycles. The largest absolute Gasteiger partial charge is 0.395 e. The maximum Gasteiger partial charge on any atom is 0.236 e. The molecule has 1 aromatic carbocycles. The van der Waals surface area contributed by atoms with E-state index >= 15 is 0 Å². The Balaban J connectivity index is 1.63. The first kappa shape index (κ1) is 23.6. The first-order valence-electron chi connectivity index (χ1n) is 10.8. The summed E-state index contributed by atoms with van der Waals surface area (Å²) in [6, 6.07) is 7.92. The number of aliphatic hydroxyl groups is 1. The summed E-state index contributed by atoms with van der Waals surface area (Å²) in [6.45, 7) is 6.25. The van der Waals surface area contributed by atoms with Crippen molar-refractivity contribution < 1.29 is 14.7 Å². The highest BCUT2D eigenvalue weighted by atomic mass is 16.3. The normalized spacial score (nSPS) is 14.4. The Morgan fingerprint density at radius 1 is 1.12 bits per heavy atom. The molecule has 0 aliphatic carbocycles. The number of anilines is 1. The molecule has 2 aromatic rings. The number of likely N-dealkylation sites (N-methyl/N-ethyl adjacent to an activating group) is 1. The summed E-state index contributed by atoms with van der Waals surface area (Å²) < 4.78 is 0. The third-order valence-electron chi connectivity index (χ3n) is 5.74. The van der Waals surface area contributed by atoms with Gasteiger partial charge in [-0.3, -0.25) is 9.59 Å². The quantitative estimate of drug-likeness (QED) is 0.652. The summed E-state index contributed by atoms with van der Waals surface area (Å²) >= 11 is 0. The monoisotopic (exact) mass is 440 g/mol. The molecule has 1 aromatic heterocycles. The number of benzene rings is 1. The van der Waals surface area contributed by atoms with Gasteiger partial charge in [-0.15, -0.1) is 0 Å². The van der Waals surface area contributed by atoms with Crippen molar-refractivity contribution in [1.29, 1.82) is 0 Å². The average Bonchev–Trinajstić information content (AvgIpc) is 2.83. The van der Waals surface area contributed by atoms with Crippen molar-refractivity contribution in [1.82, 2.24) is 19.8 Å². The van der Waals surface area contributed by atoms with Crippen LogP contribution in [0.1, 0.15) is 19.4 Å². The molecule has 3 N–H and O–H groups in total. The van der Waals surface area contributed by atoms with Crippen LogP contribution in [0.3, 0.4) is 0 Å². The summed E-state index contributed by atoms with van der Waals surface area (Å²) in [5, 5.41) is 9.44. The molecule has 0 atom stereocenters. The fourth-order valence-electron chi connectivity index (χ4n) is 3.61. The predicted molar refractivity (Wildman–Crippen MR) is 123 cm³/mol. The minimum atomic E-state index is -0.763. The van der Waals surface area contributed by atoms with Crippen molar-refractivity contribution in [3.8, 4) is 11.1 Å². The summed E-state index contributed by atoms with van der Waals surface area (Å²) in [7, 11) is 1.73. The number of nitrogens with zero attached hydrogens (tertiary/aromatic N) is 5. The molecule has 1 aliphatic rings. The fourth-order valence-corrected chi connectivity index (χ4v) is 3.61. The van der Waals surface area contributed by atoms with Crippen molar-refractivity contribution in [3.63, 3.8) is 0 Å². The van der Waals surface area contributed by atoms with Crippen LogP contribution < -0.4 is 10.6 Å². The van der Waals surface area contributed by atoms with Crippen molar-refractivity contribution >= 4 is 17.8 Å². The molecular weight excluding hydrogens is 408 g/mol. The lowest BCUT2D eigenvalue weighted by atomic mass is 9.92. The van der Waals surface area contributed by atoms with E-state index in [1.54, 1.807) is 43.1 Å². The minimum Gasteiger partial charge on any atom is -0.395 e. The highest BCUT2D eigenvalue weighted by molar-refractivity contribution is 5.82. The lowest BCUT2D eigenvalue weighted by Crippen LogP contribution is -2.53. The molecule has 0 unspecified atom stereocenters. The van der Waals surface area contributed by atoms with Gasteiger partial charge in [-0.1, -0.05) is 18.2 Å². The number of hydrogen-bond donors (Lipinski definition) is 2. The number of carbonyl (C=O) groups is 2. The van der Waals surface area contributed by atoms with E-state index < -0.39 is 5.41 Å². The van der Waals surface area contributed by atoms with Gasteiger partial charge in [0.25, 0.3) is 0 Å². The second-order valence-corrected chi connectivity index (χ2v) is 8.75. The summed E-state index contributed by atoms with van der Waals surface area (Å²) in [5.74, 6) is 0.492. The number of rotatable bonds is 7. The first-order valence-corrected chi connectivity index (χ1v) is 10.8. The fraction of sp³-hybridized carbons (Fsp3) is 0.478. The summed E-state index contributed by atoms with van der Waals surface area (Å²) in [6.07, 6.45) is 3.59. The molecular formula is C23H32N6O3. The van der Waals surface area contributed by atoms with Crippen molar-refractivity contribution in [2.75, 3.05) is 51.3 Å². The number of amides is 2. The van der Waals surface area contributed by atoms with Gasteiger partial charge in [-0.05, 0) is 31.0 Å². The molecule has 0 saturated carbocycles. The van der Waals surface area contributed by atoms with Gasteiger partial charge < -0.3 is 25.5 Å². The lowest BCUT2D eigenvalue weighted by Gasteiger charge is -2.38. The van der Waals surface area contributed by atoms with Crippen molar-refractivity contribution in [2.24, 2.45) is 11.1 Å². The Labute approximate surface area is 188 Å². The van der Waals surface area contributed by atoms with E-state index in [0.29, 0.717) is 38.7 Å². The summed E-state index contributed by atoms with van der Waals surface area (Å²) in [5.41, 5.74) is 7.54. The van der Waals surface area contributed by atoms with E-state index in [2.05, 4.69) is 14.9 Å². The molecule has 0 bridgehead atoms. The van der Waals surface area contributed by atoms with Crippen LogP contribution in [0.15, 0.2) is 36.7 Å². The van der Waals surface area contributed by atoms with E-state index in [1.807, 2.05) is 24.3 Å². The lowest BCUT2D eigenvalue weighted by molar-refractivity contribution is -0.142. The van der Waals surface area contributed by atoms with Crippen molar-refractivity contribution in [2.45, 2.75) is 20.4 Å². The van der Waals surface area contributed by atoms with E-state index in [4.69, 9.17) is 5.73 Å². The standard InChI is InChI=1S/C23H32N6O3/c1-23(2,16-30)21(32)28-7-9-29(10-8-28)22-25-13-19(14-26-22)18-6-4-5-17(11-18)15-27(3)20(31)12-24/h4-6,11,13-14,30H,7-10,12,15-16,24H2,1-3H3. The van der Waals surface area contributed by atoms with Gasteiger partial charge in [0.1, 0.15) is 0 Å². The highest BCUT2D eigenvalue weighted by Crippen LogP contribution is 2.23. The number of aromatic nitrogens is 2. The molecule has 1 aliphatic heterocycles. The minimum absolute atomic E-state index is 0.00684. The third kappa shape index (κ3) is 5.41. The molecule has 0 spiro atoms. The molecule has 9 heteroatoms. The van der Waals surface area contributed by atoms with E-state index in [9.17, 15) is 14.7 Å². The Kier molecular flexibility index (Phi) is 7.42. The number of piperazine rings is 1. The van der Waals surface area contributed by atoms with Crippen LogP contribution in [0.5, 0.6) is 0 Å². The van der Waals surface area contributed by atoms with Gasteiger partial charge in [-0.2, -0.15) is 0 Å². The van der Waals surface area contributed by atoms with Gasteiger partial charge in [0.2, 0.25) is 17.8 Å². The number of nitrogens with two attached hydrogens (primary N) is 1. The molecule has 1 fully saturated rings. The Bertz CT molecular complexity index is 939. The van der Waals surface area contributed by atoms with E-state index in [0.717, 1.165) is 16.7 Å². The van der Waals surface area contributed by atoms with Gasteiger partial charge in [-0.25, -0.2) is 9.97 Å². The average molecular weight is 441 g/mol. The zero-order chi connectivity index (χ0) is 23.3. The highest BCUT2D eigenvalue weighted by Gasteiger charge is 2.33. The SMILES string of the molecule is CN(Cc1cccc(-c2cnc(N3CCN(C(=O)C(C)(C)CO)CC3)nc2)c1)C(=O)CN. The van der Waals surface area contributed by atoms with Gasteiger partial charge >= 0.3 is 0 Å². The molecule has 9 nitrogen and oxygen atoms in total. The van der Waals surface area contributed by atoms with E-state index in [1.165, 1.54) is 0 Å². The van der Waals surface area contributed by atoms with Gasteiger partial charge in [0, 0.05) is 57.7 Å².